The van der Waals surface area contributed by atoms with Crippen LogP contribution in [0, 0.1) is 17.2 Å². The molecule has 0 aliphatic heterocycles. The molecular weight excluding hydrogens is 170 g/mol. The highest BCUT2D eigenvalue weighted by Gasteiger charge is 2.26. The summed E-state index contributed by atoms with van der Waals surface area (Å²) in [6.07, 6.45) is 0.0995. The zero-order chi connectivity index (χ0) is 10.5. The first kappa shape index (κ1) is 11.9. The lowest BCUT2D eigenvalue weighted by Gasteiger charge is -2.19. The van der Waals surface area contributed by atoms with E-state index in [1.54, 1.807) is 20.8 Å². The summed E-state index contributed by atoms with van der Waals surface area (Å²) in [6.45, 7) is 5.03. The van der Waals surface area contributed by atoms with Crippen LogP contribution in [0.25, 0.3) is 0 Å². The van der Waals surface area contributed by atoms with Crippen LogP contribution in [0.15, 0.2) is 0 Å². The third kappa shape index (κ3) is 5.21. The van der Waals surface area contributed by atoms with E-state index in [1.807, 2.05) is 6.07 Å². The van der Waals surface area contributed by atoms with Crippen molar-refractivity contribution in [1.82, 2.24) is 0 Å². The zero-order valence-corrected chi connectivity index (χ0v) is 8.20. The number of aliphatic hydroxyl groups is 1. The lowest BCUT2D eigenvalue weighted by atomic mass is 9.95. The summed E-state index contributed by atoms with van der Waals surface area (Å²) in [5, 5.41) is 18.0. The second kappa shape index (κ2) is 4.83. The fraction of sp³-hybridized carbons (Fsp3) is 0.778. The third-order valence-electron chi connectivity index (χ3n) is 1.43. The number of ether oxygens (including phenoxy) is 1. The van der Waals surface area contributed by atoms with Gasteiger partial charge in [-0.3, -0.25) is 4.79 Å². The van der Waals surface area contributed by atoms with Crippen molar-refractivity contribution in [3.05, 3.63) is 0 Å². The Morgan fingerprint density at radius 1 is 1.69 bits per heavy atom. The van der Waals surface area contributed by atoms with Crippen molar-refractivity contribution in [2.75, 3.05) is 6.61 Å². The van der Waals surface area contributed by atoms with E-state index in [1.165, 1.54) is 0 Å². The second-order valence-electron chi connectivity index (χ2n) is 3.45. The molecule has 0 bridgehead atoms. The van der Waals surface area contributed by atoms with Gasteiger partial charge in [-0.05, 0) is 20.8 Å². The van der Waals surface area contributed by atoms with Crippen molar-refractivity contribution in [3.8, 4) is 6.07 Å². The monoisotopic (exact) mass is 185 g/mol. The largest absolute Gasteiger partial charge is 0.465 e. The molecule has 1 unspecified atom stereocenters. The molecule has 4 nitrogen and oxygen atoms in total. The molecule has 0 fully saturated rings. The van der Waals surface area contributed by atoms with Crippen LogP contribution in [0.2, 0.25) is 0 Å². The molecule has 0 aromatic heterocycles. The van der Waals surface area contributed by atoms with Crippen molar-refractivity contribution in [1.29, 1.82) is 5.26 Å². The average molecular weight is 185 g/mol. The Kier molecular flexibility index (Phi) is 4.43. The minimum absolute atomic E-state index is 0.0995. The van der Waals surface area contributed by atoms with Gasteiger partial charge in [-0.1, -0.05) is 0 Å². The summed E-state index contributed by atoms with van der Waals surface area (Å²) in [4.78, 5) is 11.1. The van der Waals surface area contributed by atoms with Gasteiger partial charge in [-0.2, -0.15) is 5.26 Å². The summed E-state index contributed by atoms with van der Waals surface area (Å²) in [7, 11) is 0. The first-order valence-electron chi connectivity index (χ1n) is 4.19. The molecule has 1 atom stereocenters. The van der Waals surface area contributed by atoms with Crippen LogP contribution >= 0.6 is 0 Å². The van der Waals surface area contributed by atoms with Gasteiger partial charge in [0.1, 0.15) is 5.92 Å². The fourth-order valence-electron chi connectivity index (χ4n) is 0.924. The molecule has 0 radical (unpaired) electrons. The normalized spacial score (nSPS) is 13.2. The van der Waals surface area contributed by atoms with Crippen molar-refractivity contribution in [3.63, 3.8) is 0 Å². The Bertz CT molecular complexity index is 212. The molecule has 0 aromatic rings. The number of nitrogens with zero attached hydrogens (tertiary/aromatic N) is 1. The minimum Gasteiger partial charge on any atom is -0.465 e. The molecule has 74 valence electrons. The van der Waals surface area contributed by atoms with Crippen molar-refractivity contribution in [2.45, 2.75) is 32.8 Å². The van der Waals surface area contributed by atoms with Crippen molar-refractivity contribution >= 4 is 5.97 Å². The van der Waals surface area contributed by atoms with Crippen LogP contribution < -0.4 is 0 Å². The third-order valence-corrected chi connectivity index (χ3v) is 1.43. The van der Waals surface area contributed by atoms with Gasteiger partial charge in [0.25, 0.3) is 0 Å². The van der Waals surface area contributed by atoms with E-state index in [4.69, 9.17) is 5.26 Å². The highest BCUT2D eigenvalue weighted by atomic mass is 16.5. The van der Waals surface area contributed by atoms with Crippen LogP contribution in [0.4, 0.5) is 0 Å². The fourth-order valence-corrected chi connectivity index (χ4v) is 0.924. The van der Waals surface area contributed by atoms with Crippen molar-refractivity contribution in [2.24, 2.45) is 5.92 Å². The molecule has 0 aliphatic carbocycles. The van der Waals surface area contributed by atoms with E-state index in [9.17, 15) is 9.90 Å². The molecular formula is C9H15NO3. The van der Waals surface area contributed by atoms with Crippen LogP contribution in [0.5, 0.6) is 0 Å². The Hall–Kier alpha value is -1.08. The first-order chi connectivity index (χ1) is 5.90. The smallest absolute Gasteiger partial charge is 0.323 e. The molecule has 0 heterocycles. The predicted molar refractivity (Wildman–Crippen MR) is 46.7 cm³/mol. The van der Waals surface area contributed by atoms with Gasteiger partial charge >= 0.3 is 5.97 Å². The van der Waals surface area contributed by atoms with Crippen LogP contribution in [0.3, 0.4) is 0 Å². The van der Waals surface area contributed by atoms with E-state index < -0.39 is 17.5 Å². The Morgan fingerprint density at radius 2 is 2.23 bits per heavy atom. The number of carbonyl (C=O) groups is 1. The minimum atomic E-state index is -1.02. The summed E-state index contributed by atoms with van der Waals surface area (Å²) >= 11 is 0. The number of carbonyl (C=O) groups excluding carboxylic acids is 1. The molecule has 0 rings (SSSR count). The number of esters is 1. The number of nitriles is 1. The summed E-state index contributed by atoms with van der Waals surface area (Å²) in [5.41, 5.74) is -1.02. The van der Waals surface area contributed by atoms with E-state index >= 15 is 0 Å². The molecule has 0 aromatic carbocycles. The SMILES string of the molecule is CCOC(=O)C(C#N)CC(C)(C)O. The molecule has 4 heteroatoms. The number of hydrogen-bond acceptors (Lipinski definition) is 4. The van der Waals surface area contributed by atoms with Crippen molar-refractivity contribution < 1.29 is 14.6 Å². The van der Waals surface area contributed by atoms with Gasteiger partial charge in [0, 0.05) is 6.42 Å². The topological polar surface area (TPSA) is 70.3 Å². The van der Waals surface area contributed by atoms with Gasteiger partial charge in [0.2, 0.25) is 0 Å². The first-order valence-corrected chi connectivity index (χ1v) is 4.19. The van der Waals surface area contributed by atoms with Crippen LogP contribution in [-0.4, -0.2) is 23.3 Å². The van der Waals surface area contributed by atoms with E-state index in [2.05, 4.69) is 4.74 Å². The molecule has 0 aliphatic rings. The summed E-state index contributed by atoms with van der Waals surface area (Å²) < 4.78 is 4.67. The van der Waals surface area contributed by atoms with Gasteiger partial charge in [-0.15, -0.1) is 0 Å². The lowest BCUT2D eigenvalue weighted by Crippen LogP contribution is -2.28. The summed E-state index contributed by atoms with van der Waals surface area (Å²) in [5.74, 6) is -1.44. The maximum absolute atomic E-state index is 11.1. The van der Waals surface area contributed by atoms with Gasteiger partial charge in [-0.25, -0.2) is 0 Å². The standard InChI is InChI=1S/C9H15NO3/c1-4-13-8(11)7(6-10)5-9(2,3)12/h7,12H,4-5H2,1-3H3. The van der Waals surface area contributed by atoms with E-state index in [0.717, 1.165) is 0 Å². The Balaban J connectivity index is 4.21. The Morgan fingerprint density at radius 3 is 2.54 bits per heavy atom. The molecule has 13 heavy (non-hydrogen) atoms. The predicted octanol–water partition coefficient (Wildman–Crippen LogP) is 0.850. The molecule has 0 spiro atoms. The maximum atomic E-state index is 11.1. The zero-order valence-electron chi connectivity index (χ0n) is 8.20. The maximum Gasteiger partial charge on any atom is 0.323 e. The lowest BCUT2D eigenvalue weighted by molar-refractivity contribution is -0.147. The van der Waals surface area contributed by atoms with Gasteiger partial charge in [0.15, 0.2) is 0 Å². The molecule has 0 amide bonds. The highest BCUT2D eigenvalue weighted by Crippen LogP contribution is 2.16. The molecule has 0 saturated heterocycles. The quantitative estimate of drug-likeness (QED) is 0.659. The van der Waals surface area contributed by atoms with E-state index in [0.29, 0.717) is 0 Å². The highest BCUT2D eigenvalue weighted by molar-refractivity contribution is 5.75. The van der Waals surface area contributed by atoms with E-state index in [-0.39, 0.29) is 13.0 Å². The van der Waals surface area contributed by atoms with Gasteiger partial charge < -0.3 is 9.84 Å². The number of hydrogen-bond donors (Lipinski definition) is 1. The Labute approximate surface area is 78.1 Å². The second-order valence-corrected chi connectivity index (χ2v) is 3.45. The molecule has 1 N–H and O–H groups in total. The van der Waals surface area contributed by atoms with Gasteiger partial charge in [0.05, 0.1) is 18.3 Å². The average Bonchev–Trinajstić information content (AvgIpc) is 1.99. The van der Waals surface area contributed by atoms with Crippen LogP contribution in [0.1, 0.15) is 27.2 Å². The van der Waals surface area contributed by atoms with Crippen LogP contribution in [-0.2, 0) is 9.53 Å². The molecule has 0 saturated carbocycles. The number of rotatable bonds is 4. The summed E-state index contributed by atoms with van der Waals surface area (Å²) in [6, 6.07) is 1.81.